The number of benzene rings is 2. The second-order valence-electron chi connectivity index (χ2n) is 5.12. The van der Waals surface area contributed by atoms with Crippen LogP contribution >= 0.6 is 11.8 Å². The largest absolute Gasteiger partial charge is 0.493 e. The van der Waals surface area contributed by atoms with Gasteiger partial charge in [-0.05, 0) is 42.8 Å². The fraction of sp³-hybridized carbons (Fsp3) is 0.158. The lowest BCUT2D eigenvalue weighted by molar-refractivity contribution is -0.114. The molecule has 0 bridgehead atoms. The van der Waals surface area contributed by atoms with Crippen molar-refractivity contribution in [3.8, 4) is 11.8 Å². The summed E-state index contributed by atoms with van der Waals surface area (Å²) in [7, 11) is 0. The van der Waals surface area contributed by atoms with E-state index in [9.17, 15) is 4.79 Å². The number of carbonyl (C=O) groups is 1. The van der Waals surface area contributed by atoms with Crippen molar-refractivity contribution in [2.75, 3.05) is 12.4 Å². The third-order valence-electron chi connectivity index (χ3n) is 3.20. The SMILES string of the molecule is Cc1ccc(SCCOc2cccc(/C=C(\C#N)C(N)=O)c2)cc1. The molecule has 24 heavy (non-hydrogen) atoms. The lowest BCUT2D eigenvalue weighted by Gasteiger charge is -2.07. The molecule has 0 atom stereocenters. The van der Waals surface area contributed by atoms with Gasteiger partial charge in [0, 0.05) is 10.6 Å². The number of primary amides is 1. The molecule has 0 fully saturated rings. The molecule has 5 heteroatoms. The van der Waals surface area contributed by atoms with Gasteiger partial charge in [0.2, 0.25) is 0 Å². The fourth-order valence-corrected chi connectivity index (χ4v) is 2.70. The Morgan fingerprint density at radius 2 is 2.04 bits per heavy atom. The highest BCUT2D eigenvalue weighted by atomic mass is 32.2. The summed E-state index contributed by atoms with van der Waals surface area (Å²) in [5.74, 6) is 0.779. The van der Waals surface area contributed by atoms with Crippen LogP contribution in [0, 0.1) is 18.3 Å². The smallest absolute Gasteiger partial charge is 0.259 e. The van der Waals surface area contributed by atoms with E-state index in [1.54, 1.807) is 30.0 Å². The fourth-order valence-electron chi connectivity index (χ4n) is 1.97. The number of nitriles is 1. The van der Waals surface area contributed by atoms with Crippen LogP contribution in [0.1, 0.15) is 11.1 Å². The van der Waals surface area contributed by atoms with Crippen LogP contribution in [0.3, 0.4) is 0 Å². The van der Waals surface area contributed by atoms with E-state index in [0.29, 0.717) is 17.9 Å². The van der Waals surface area contributed by atoms with E-state index >= 15 is 0 Å². The van der Waals surface area contributed by atoms with Crippen LogP contribution in [0.4, 0.5) is 0 Å². The van der Waals surface area contributed by atoms with Crippen LogP contribution in [0.25, 0.3) is 6.08 Å². The Morgan fingerprint density at radius 1 is 1.29 bits per heavy atom. The van der Waals surface area contributed by atoms with Crippen molar-refractivity contribution in [1.82, 2.24) is 0 Å². The van der Waals surface area contributed by atoms with Crippen molar-refractivity contribution in [1.29, 1.82) is 5.26 Å². The summed E-state index contributed by atoms with van der Waals surface area (Å²) in [6.45, 7) is 2.63. The first-order valence-electron chi connectivity index (χ1n) is 7.42. The maximum Gasteiger partial charge on any atom is 0.259 e. The van der Waals surface area contributed by atoms with Gasteiger partial charge in [0.05, 0.1) is 6.61 Å². The lowest BCUT2D eigenvalue weighted by Crippen LogP contribution is -2.12. The molecule has 2 rings (SSSR count). The summed E-state index contributed by atoms with van der Waals surface area (Å²) in [5, 5.41) is 8.87. The van der Waals surface area contributed by atoms with Gasteiger partial charge >= 0.3 is 0 Å². The number of carbonyl (C=O) groups excluding carboxylic acids is 1. The van der Waals surface area contributed by atoms with E-state index in [4.69, 9.17) is 15.7 Å². The van der Waals surface area contributed by atoms with Crippen molar-refractivity contribution in [3.63, 3.8) is 0 Å². The predicted molar refractivity (Wildman–Crippen MR) is 96.6 cm³/mol. The molecule has 0 radical (unpaired) electrons. The maximum atomic E-state index is 11.1. The number of amides is 1. The summed E-state index contributed by atoms with van der Waals surface area (Å²) < 4.78 is 5.72. The highest BCUT2D eigenvalue weighted by Crippen LogP contribution is 2.20. The first kappa shape index (κ1) is 17.6. The van der Waals surface area contributed by atoms with Gasteiger partial charge in [0.15, 0.2) is 0 Å². The average molecular weight is 338 g/mol. The van der Waals surface area contributed by atoms with E-state index in [2.05, 4.69) is 31.2 Å². The monoisotopic (exact) mass is 338 g/mol. The zero-order valence-corrected chi connectivity index (χ0v) is 14.2. The second kappa shape index (κ2) is 8.80. The molecule has 0 unspecified atom stereocenters. The van der Waals surface area contributed by atoms with E-state index in [-0.39, 0.29) is 5.57 Å². The summed E-state index contributed by atoms with van der Waals surface area (Å²) in [6.07, 6.45) is 1.45. The minimum atomic E-state index is -0.738. The molecular formula is C19H18N2O2S. The van der Waals surface area contributed by atoms with Gasteiger partial charge in [-0.2, -0.15) is 5.26 Å². The summed E-state index contributed by atoms with van der Waals surface area (Å²) in [5.41, 5.74) is 7.00. The highest BCUT2D eigenvalue weighted by Gasteiger charge is 2.04. The van der Waals surface area contributed by atoms with Crippen LogP contribution in [0.5, 0.6) is 5.75 Å². The van der Waals surface area contributed by atoms with E-state index in [0.717, 1.165) is 5.75 Å². The van der Waals surface area contributed by atoms with E-state index in [1.807, 2.05) is 12.1 Å². The summed E-state index contributed by atoms with van der Waals surface area (Å²) in [6, 6.07) is 17.4. The third-order valence-corrected chi connectivity index (χ3v) is 4.17. The molecule has 0 aliphatic rings. The highest BCUT2D eigenvalue weighted by molar-refractivity contribution is 7.99. The van der Waals surface area contributed by atoms with E-state index < -0.39 is 5.91 Å². The molecule has 0 aromatic heterocycles. The Balaban J connectivity index is 1.89. The molecule has 0 aliphatic heterocycles. The molecule has 0 saturated heterocycles. The van der Waals surface area contributed by atoms with Crippen molar-refractivity contribution >= 4 is 23.7 Å². The Labute approximate surface area is 145 Å². The minimum Gasteiger partial charge on any atom is -0.493 e. The molecule has 2 aromatic rings. The molecule has 122 valence electrons. The quantitative estimate of drug-likeness (QED) is 0.362. The molecule has 1 amide bonds. The minimum absolute atomic E-state index is 0.0814. The van der Waals surface area contributed by atoms with Gasteiger partial charge in [0.25, 0.3) is 5.91 Å². The van der Waals surface area contributed by atoms with Crippen molar-refractivity contribution in [2.24, 2.45) is 5.73 Å². The second-order valence-corrected chi connectivity index (χ2v) is 6.28. The van der Waals surface area contributed by atoms with Crippen LogP contribution in [-0.4, -0.2) is 18.3 Å². The summed E-state index contributed by atoms with van der Waals surface area (Å²) in [4.78, 5) is 12.3. The van der Waals surface area contributed by atoms with E-state index in [1.165, 1.54) is 16.5 Å². The molecule has 4 nitrogen and oxygen atoms in total. The van der Waals surface area contributed by atoms with Crippen molar-refractivity contribution in [2.45, 2.75) is 11.8 Å². The zero-order valence-electron chi connectivity index (χ0n) is 13.4. The zero-order chi connectivity index (χ0) is 17.4. The van der Waals surface area contributed by atoms with Gasteiger partial charge in [-0.15, -0.1) is 11.8 Å². The Morgan fingerprint density at radius 3 is 2.71 bits per heavy atom. The van der Waals surface area contributed by atoms with Crippen LogP contribution in [-0.2, 0) is 4.79 Å². The van der Waals surface area contributed by atoms with Gasteiger partial charge in [-0.25, -0.2) is 0 Å². The lowest BCUT2D eigenvalue weighted by atomic mass is 10.1. The normalized spacial score (nSPS) is 10.9. The average Bonchev–Trinajstić information content (AvgIpc) is 2.58. The Kier molecular flexibility index (Phi) is 6.47. The molecule has 0 saturated carbocycles. The number of nitrogens with zero attached hydrogens (tertiary/aromatic N) is 1. The van der Waals surface area contributed by atoms with Gasteiger partial charge in [-0.1, -0.05) is 29.8 Å². The number of ether oxygens (including phenoxy) is 1. The predicted octanol–water partition coefficient (Wildman–Crippen LogP) is 3.56. The Bertz CT molecular complexity index is 777. The van der Waals surface area contributed by atoms with Crippen molar-refractivity contribution in [3.05, 3.63) is 65.2 Å². The molecular weight excluding hydrogens is 320 g/mol. The third kappa shape index (κ3) is 5.49. The standard InChI is InChI=1S/C19H18N2O2S/c1-14-5-7-18(8-6-14)24-10-9-23-17-4-2-3-15(12-17)11-16(13-20)19(21)22/h2-8,11-12H,9-10H2,1H3,(H2,21,22)/b16-11+. The van der Waals surface area contributed by atoms with Gasteiger partial charge in [-0.3, -0.25) is 4.79 Å². The first-order chi connectivity index (χ1) is 11.6. The number of nitrogens with two attached hydrogens (primary N) is 1. The van der Waals surface area contributed by atoms with Gasteiger partial charge < -0.3 is 10.5 Å². The Hall–Kier alpha value is -2.71. The van der Waals surface area contributed by atoms with Crippen LogP contribution in [0.2, 0.25) is 0 Å². The topological polar surface area (TPSA) is 76.1 Å². The number of thioether (sulfide) groups is 1. The van der Waals surface area contributed by atoms with Crippen LogP contribution in [0.15, 0.2) is 59.0 Å². The van der Waals surface area contributed by atoms with Crippen LogP contribution < -0.4 is 10.5 Å². The molecule has 0 spiro atoms. The number of rotatable bonds is 7. The maximum absolute atomic E-state index is 11.1. The summed E-state index contributed by atoms with van der Waals surface area (Å²) >= 11 is 1.73. The van der Waals surface area contributed by atoms with Crippen molar-refractivity contribution < 1.29 is 9.53 Å². The molecule has 0 aliphatic carbocycles. The number of hydrogen-bond donors (Lipinski definition) is 1. The molecule has 2 aromatic carbocycles. The van der Waals surface area contributed by atoms with Gasteiger partial charge in [0.1, 0.15) is 17.4 Å². The molecule has 0 heterocycles. The first-order valence-corrected chi connectivity index (χ1v) is 8.41. The number of hydrogen-bond acceptors (Lipinski definition) is 4. The number of aryl methyl sites for hydroxylation is 1. The molecule has 2 N–H and O–H groups in total.